The summed E-state index contributed by atoms with van der Waals surface area (Å²) < 4.78 is 5.54. The maximum absolute atomic E-state index is 12.3. The summed E-state index contributed by atoms with van der Waals surface area (Å²) in [7, 11) is 0. The number of carbonyl (C=O) groups is 2. The smallest absolute Gasteiger partial charge is 0.260 e. The number of nitrogens with two attached hydrogens (primary N) is 1. The summed E-state index contributed by atoms with van der Waals surface area (Å²) in [5, 5.41) is 2.78. The van der Waals surface area contributed by atoms with Crippen LogP contribution in [0.3, 0.4) is 0 Å². The lowest BCUT2D eigenvalue weighted by molar-refractivity contribution is -0.132. The number of likely N-dealkylation sites (N-methyl/N-ethyl adjacent to an activating group) is 1. The Morgan fingerprint density at radius 2 is 1.80 bits per heavy atom. The van der Waals surface area contributed by atoms with E-state index in [2.05, 4.69) is 5.32 Å². The van der Waals surface area contributed by atoms with Gasteiger partial charge in [0.1, 0.15) is 5.75 Å². The zero-order valence-corrected chi connectivity index (χ0v) is 14.5. The molecule has 0 spiro atoms. The molecule has 0 unspecified atom stereocenters. The van der Waals surface area contributed by atoms with Gasteiger partial charge >= 0.3 is 0 Å². The van der Waals surface area contributed by atoms with Gasteiger partial charge in [0.05, 0.1) is 5.56 Å². The van der Waals surface area contributed by atoms with Crippen molar-refractivity contribution in [1.82, 2.24) is 4.90 Å². The molecule has 6 nitrogen and oxygen atoms in total. The van der Waals surface area contributed by atoms with Crippen LogP contribution in [0.5, 0.6) is 5.75 Å². The number of carbonyl (C=O) groups excluding carboxylic acids is 2. The van der Waals surface area contributed by atoms with Gasteiger partial charge in [-0.15, -0.1) is 0 Å². The van der Waals surface area contributed by atoms with Gasteiger partial charge in [0, 0.05) is 30.5 Å². The molecule has 0 bridgehead atoms. The fourth-order valence-electron chi connectivity index (χ4n) is 2.38. The van der Waals surface area contributed by atoms with Gasteiger partial charge < -0.3 is 20.7 Å². The monoisotopic (exact) mass is 341 g/mol. The van der Waals surface area contributed by atoms with Crippen LogP contribution < -0.4 is 15.8 Å². The number of ether oxygens (including phenoxy) is 1. The molecule has 0 radical (unpaired) electrons. The van der Waals surface area contributed by atoms with E-state index in [9.17, 15) is 9.59 Å². The second kappa shape index (κ2) is 8.73. The van der Waals surface area contributed by atoms with Gasteiger partial charge in [-0.3, -0.25) is 9.59 Å². The van der Waals surface area contributed by atoms with Crippen LogP contribution >= 0.6 is 0 Å². The fourth-order valence-corrected chi connectivity index (χ4v) is 2.38. The molecule has 0 fully saturated rings. The Balaban J connectivity index is 2.00. The average molecular weight is 341 g/mol. The minimum absolute atomic E-state index is 0.0370. The van der Waals surface area contributed by atoms with Crippen LogP contribution in [0.1, 0.15) is 24.2 Å². The Hall–Kier alpha value is -3.02. The Kier molecular flexibility index (Phi) is 6.39. The molecule has 0 aliphatic rings. The van der Waals surface area contributed by atoms with Crippen molar-refractivity contribution in [2.75, 3.05) is 30.7 Å². The summed E-state index contributed by atoms with van der Waals surface area (Å²) in [6.45, 7) is 5.10. The van der Waals surface area contributed by atoms with Crippen LogP contribution in [-0.2, 0) is 4.79 Å². The SMILES string of the molecule is CCN(CC)C(=O)COc1cccc(NC(=O)c2ccccc2N)c1. The molecule has 2 rings (SSSR count). The molecule has 0 atom stereocenters. The van der Waals surface area contributed by atoms with Crippen molar-refractivity contribution < 1.29 is 14.3 Å². The molecular weight excluding hydrogens is 318 g/mol. The van der Waals surface area contributed by atoms with Gasteiger partial charge in [0.2, 0.25) is 0 Å². The summed E-state index contributed by atoms with van der Waals surface area (Å²) in [5.74, 6) is 0.144. The number of nitrogens with zero attached hydrogens (tertiary/aromatic N) is 1. The van der Waals surface area contributed by atoms with Crippen LogP contribution in [0.4, 0.5) is 11.4 Å². The molecule has 2 aromatic carbocycles. The lowest BCUT2D eigenvalue weighted by atomic mass is 10.1. The number of para-hydroxylation sites is 1. The predicted octanol–water partition coefficient (Wildman–Crippen LogP) is 2.77. The van der Waals surface area contributed by atoms with E-state index in [-0.39, 0.29) is 18.4 Å². The fraction of sp³-hybridized carbons (Fsp3) is 0.263. The second-order valence-electron chi connectivity index (χ2n) is 5.42. The van der Waals surface area contributed by atoms with Crippen LogP contribution in [0.2, 0.25) is 0 Å². The highest BCUT2D eigenvalue weighted by molar-refractivity contribution is 6.07. The topological polar surface area (TPSA) is 84.7 Å². The molecule has 0 saturated heterocycles. The van der Waals surface area contributed by atoms with Gasteiger partial charge in [-0.1, -0.05) is 18.2 Å². The highest BCUT2D eigenvalue weighted by Crippen LogP contribution is 2.19. The number of hydrogen-bond acceptors (Lipinski definition) is 4. The van der Waals surface area contributed by atoms with Gasteiger partial charge in [0.15, 0.2) is 6.61 Å². The van der Waals surface area contributed by atoms with E-state index >= 15 is 0 Å². The number of amides is 2. The van der Waals surface area contributed by atoms with Crippen LogP contribution in [-0.4, -0.2) is 36.4 Å². The maximum Gasteiger partial charge on any atom is 0.260 e. The number of rotatable bonds is 7. The molecule has 6 heteroatoms. The van der Waals surface area contributed by atoms with E-state index in [1.807, 2.05) is 13.8 Å². The van der Waals surface area contributed by atoms with E-state index in [1.165, 1.54) is 0 Å². The van der Waals surface area contributed by atoms with E-state index < -0.39 is 0 Å². The zero-order valence-electron chi connectivity index (χ0n) is 14.5. The zero-order chi connectivity index (χ0) is 18.2. The summed E-state index contributed by atoms with van der Waals surface area (Å²) >= 11 is 0. The standard InChI is InChI=1S/C19H23N3O3/c1-3-22(4-2)18(23)13-25-15-9-7-8-14(12-15)21-19(24)16-10-5-6-11-17(16)20/h5-12H,3-4,13,20H2,1-2H3,(H,21,24). The molecular formula is C19H23N3O3. The molecule has 132 valence electrons. The van der Waals surface area contributed by atoms with Crippen LogP contribution in [0.15, 0.2) is 48.5 Å². The number of nitrogens with one attached hydrogen (secondary N) is 1. The first-order valence-electron chi connectivity index (χ1n) is 8.21. The normalized spacial score (nSPS) is 10.2. The number of hydrogen-bond donors (Lipinski definition) is 2. The first kappa shape index (κ1) is 18.3. The molecule has 0 aliphatic carbocycles. The number of anilines is 2. The van der Waals surface area contributed by atoms with Gasteiger partial charge in [-0.05, 0) is 38.1 Å². The van der Waals surface area contributed by atoms with Crippen molar-refractivity contribution in [3.63, 3.8) is 0 Å². The summed E-state index contributed by atoms with van der Waals surface area (Å²) in [5.41, 5.74) is 7.21. The number of benzene rings is 2. The van der Waals surface area contributed by atoms with Crippen molar-refractivity contribution in [3.05, 3.63) is 54.1 Å². The summed E-state index contributed by atoms with van der Waals surface area (Å²) in [6, 6.07) is 13.8. The second-order valence-corrected chi connectivity index (χ2v) is 5.42. The third kappa shape index (κ3) is 4.97. The third-order valence-corrected chi connectivity index (χ3v) is 3.78. The quantitative estimate of drug-likeness (QED) is 0.759. The lowest BCUT2D eigenvalue weighted by Gasteiger charge is -2.18. The van der Waals surface area contributed by atoms with Crippen molar-refractivity contribution in [2.45, 2.75) is 13.8 Å². The lowest BCUT2D eigenvalue weighted by Crippen LogP contribution is -2.34. The van der Waals surface area contributed by atoms with E-state index in [4.69, 9.17) is 10.5 Å². The van der Waals surface area contributed by atoms with Crippen LogP contribution in [0.25, 0.3) is 0 Å². The first-order valence-corrected chi connectivity index (χ1v) is 8.21. The summed E-state index contributed by atoms with van der Waals surface area (Å²) in [4.78, 5) is 26.0. The van der Waals surface area contributed by atoms with E-state index in [0.717, 1.165) is 0 Å². The minimum Gasteiger partial charge on any atom is -0.484 e. The predicted molar refractivity (Wildman–Crippen MR) is 98.7 cm³/mol. The largest absolute Gasteiger partial charge is 0.484 e. The summed E-state index contributed by atoms with van der Waals surface area (Å²) in [6.07, 6.45) is 0. The molecule has 2 amide bonds. The van der Waals surface area contributed by atoms with Gasteiger partial charge in [-0.25, -0.2) is 0 Å². The molecule has 25 heavy (non-hydrogen) atoms. The van der Waals surface area contributed by atoms with Gasteiger partial charge in [0.25, 0.3) is 11.8 Å². The van der Waals surface area contributed by atoms with Crippen molar-refractivity contribution in [2.24, 2.45) is 0 Å². The van der Waals surface area contributed by atoms with Gasteiger partial charge in [-0.2, -0.15) is 0 Å². The molecule has 3 N–H and O–H groups in total. The molecule has 0 aromatic heterocycles. The minimum atomic E-state index is -0.297. The molecule has 0 heterocycles. The van der Waals surface area contributed by atoms with Crippen molar-refractivity contribution in [1.29, 1.82) is 0 Å². The van der Waals surface area contributed by atoms with Crippen molar-refractivity contribution in [3.8, 4) is 5.75 Å². The van der Waals surface area contributed by atoms with E-state index in [0.29, 0.717) is 35.8 Å². The average Bonchev–Trinajstić information content (AvgIpc) is 2.61. The van der Waals surface area contributed by atoms with Crippen LogP contribution in [0, 0.1) is 0 Å². The van der Waals surface area contributed by atoms with E-state index in [1.54, 1.807) is 53.4 Å². The Morgan fingerprint density at radius 1 is 1.08 bits per heavy atom. The Labute approximate surface area is 147 Å². The Bertz CT molecular complexity index is 742. The molecule has 0 saturated carbocycles. The highest BCUT2D eigenvalue weighted by Gasteiger charge is 2.12. The third-order valence-electron chi connectivity index (χ3n) is 3.78. The maximum atomic E-state index is 12.3. The Morgan fingerprint density at radius 3 is 2.48 bits per heavy atom. The van der Waals surface area contributed by atoms with Crippen molar-refractivity contribution >= 4 is 23.2 Å². The molecule has 0 aliphatic heterocycles. The number of nitrogen functional groups attached to an aromatic ring is 1. The highest BCUT2D eigenvalue weighted by atomic mass is 16.5. The molecule has 2 aromatic rings. The first-order chi connectivity index (χ1) is 12.0.